The zero-order valence-corrected chi connectivity index (χ0v) is 18.2. The van der Waals surface area contributed by atoms with Gasteiger partial charge in [0.25, 0.3) is 0 Å². The molecule has 2 heterocycles. The first-order valence-corrected chi connectivity index (χ1v) is 10.4. The topological polar surface area (TPSA) is 20.2 Å². The van der Waals surface area contributed by atoms with Gasteiger partial charge < -0.3 is 14.8 Å². The summed E-state index contributed by atoms with van der Waals surface area (Å²) >= 11 is 0. The minimum absolute atomic E-state index is 0.00612. The summed E-state index contributed by atoms with van der Waals surface area (Å²) < 4.78 is 2.28. The normalized spacial score (nSPS) is 20.7. The number of rotatable bonds is 4. The van der Waals surface area contributed by atoms with Gasteiger partial charge in [-0.25, -0.2) is 0 Å². The van der Waals surface area contributed by atoms with Crippen molar-refractivity contribution < 1.29 is 0 Å². The van der Waals surface area contributed by atoms with Crippen molar-refractivity contribution >= 4 is 17.1 Å². The van der Waals surface area contributed by atoms with E-state index in [-0.39, 0.29) is 5.41 Å². The van der Waals surface area contributed by atoms with Crippen LogP contribution in [0, 0.1) is 0 Å². The van der Waals surface area contributed by atoms with Crippen molar-refractivity contribution in [3.05, 3.63) is 89.4 Å². The van der Waals surface area contributed by atoms with Crippen molar-refractivity contribution in [1.29, 1.82) is 0 Å². The van der Waals surface area contributed by atoms with Crippen molar-refractivity contribution in [3.63, 3.8) is 0 Å². The molecule has 0 atom stereocenters. The van der Waals surface area contributed by atoms with Crippen LogP contribution in [0.15, 0.2) is 83.9 Å². The first-order chi connectivity index (χ1) is 13.9. The predicted molar refractivity (Wildman–Crippen MR) is 125 cm³/mol. The van der Waals surface area contributed by atoms with Gasteiger partial charge in [-0.3, -0.25) is 0 Å². The van der Waals surface area contributed by atoms with Crippen LogP contribution < -0.4 is 10.2 Å². The van der Waals surface area contributed by atoms with E-state index in [0.717, 1.165) is 12.8 Å². The fraction of sp³-hybridized carbons (Fsp3) is 0.308. The summed E-state index contributed by atoms with van der Waals surface area (Å²) in [6, 6.07) is 10.8. The minimum atomic E-state index is -0.00612. The molecule has 3 heteroatoms. The Morgan fingerprint density at radius 2 is 1.86 bits per heavy atom. The zero-order chi connectivity index (χ0) is 20.6. The van der Waals surface area contributed by atoms with Crippen LogP contribution in [0.5, 0.6) is 0 Å². The molecule has 1 N–H and O–H groups in total. The summed E-state index contributed by atoms with van der Waals surface area (Å²) in [4.78, 5) is 2.15. The van der Waals surface area contributed by atoms with E-state index in [1.165, 1.54) is 39.5 Å². The standard InChI is InChI=1S/C26H31N3/c1-6-9-19-12-13-20(25(19)29-17-16-21(18-29)28(4)5)14-15-24-26(2,3)22-10-7-8-11-23(22)27-24/h6-11,14-18,27H,12-13H2,1-5H3/b9-6?,20-14+,24-15+. The van der Waals surface area contributed by atoms with Crippen LogP contribution in [-0.2, 0) is 5.41 Å². The molecule has 4 rings (SSSR count). The predicted octanol–water partition coefficient (Wildman–Crippen LogP) is 6.35. The summed E-state index contributed by atoms with van der Waals surface area (Å²) in [6.07, 6.45) is 15.6. The smallest absolute Gasteiger partial charge is 0.0544 e. The van der Waals surface area contributed by atoms with Crippen molar-refractivity contribution in [1.82, 2.24) is 4.57 Å². The van der Waals surface area contributed by atoms with Crippen LogP contribution in [0.4, 0.5) is 11.4 Å². The van der Waals surface area contributed by atoms with E-state index in [0.29, 0.717) is 0 Å². The maximum absolute atomic E-state index is 3.63. The summed E-state index contributed by atoms with van der Waals surface area (Å²) in [5.74, 6) is 0. The summed E-state index contributed by atoms with van der Waals surface area (Å²) in [5, 5.41) is 3.63. The summed E-state index contributed by atoms with van der Waals surface area (Å²) in [6.45, 7) is 6.68. The third-order valence-corrected chi connectivity index (χ3v) is 6.09. The molecule has 1 aliphatic carbocycles. The highest BCUT2D eigenvalue weighted by molar-refractivity contribution is 5.76. The highest BCUT2D eigenvalue weighted by Gasteiger charge is 2.34. The monoisotopic (exact) mass is 385 g/mol. The Labute approximate surface area is 174 Å². The SMILES string of the molecule is CC=CC1=C(n2ccc(N(C)C)c2)/C(=C/C=C2/Nc3ccccc3C2(C)C)CC1. The van der Waals surface area contributed by atoms with Crippen LogP contribution >= 0.6 is 0 Å². The first kappa shape index (κ1) is 19.4. The molecule has 0 saturated carbocycles. The molecule has 0 spiro atoms. The quantitative estimate of drug-likeness (QED) is 0.662. The van der Waals surface area contributed by atoms with Crippen LogP contribution in [0.3, 0.4) is 0 Å². The number of hydrogen-bond donors (Lipinski definition) is 1. The Morgan fingerprint density at radius 1 is 1.07 bits per heavy atom. The first-order valence-electron chi connectivity index (χ1n) is 10.4. The lowest BCUT2D eigenvalue weighted by atomic mass is 9.84. The number of aromatic nitrogens is 1. The second kappa shape index (κ2) is 7.47. The average molecular weight is 386 g/mol. The second-order valence-electron chi connectivity index (χ2n) is 8.61. The third kappa shape index (κ3) is 3.46. The van der Waals surface area contributed by atoms with Gasteiger partial charge in [-0.15, -0.1) is 0 Å². The number of fused-ring (bicyclic) bond motifs is 1. The molecule has 0 bridgehead atoms. The minimum Gasteiger partial charge on any atom is -0.376 e. The number of nitrogens with one attached hydrogen (secondary N) is 1. The average Bonchev–Trinajstić information content (AvgIpc) is 3.37. The molecule has 2 aliphatic rings. The van der Waals surface area contributed by atoms with Gasteiger partial charge in [-0.2, -0.15) is 0 Å². The number of hydrogen-bond acceptors (Lipinski definition) is 2. The number of allylic oxidation sites excluding steroid dienone is 8. The van der Waals surface area contributed by atoms with E-state index >= 15 is 0 Å². The highest BCUT2D eigenvalue weighted by Crippen LogP contribution is 2.43. The molecule has 0 amide bonds. The molecule has 3 nitrogen and oxygen atoms in total. The second-order valence-corrected chi connectivity index (χ2v) is 8.61. The van der Waals surface area contributed by atoms with Crippen LogP contribution in [0.2, 0.25) is 0 Å². The molecule has 0 saturated heterocycles. The molecule has 150 valence electrons. The lowest BCUT2D eigenvalue weighted by molar-refractivity contribution is 0.654. The largest absolute Gasteiger partial charge is 0.376 e. The van der Waals surface area contributed by atoms with Crippen molar-refractivity contribution in [2.24, 2.45) is 0 Å². The Bertz CT molecular complexity index is 1040. The van der Waals surface area contributed by atoms with Gasteiger partial charge in [0.1, 0.15) is 0 Å². The van der Waals surface area contributed by atoms with Crippen LogP contribution in [-0.4, -0.2) is 18.7 Å². The number of benzene rings is 1. The van der Waals surface area contributed by atoms with Gasteiger partial charge in [-0.1, -0.05) is 50.3 Å². The maximum Gasteiger partial charge on any atom is 0.0544 e. The van der Waals surface area contributed by atoms with Gasteiger partial charge in [0.2, 0.25) is 0 Å². The Morgan fingerprint density at radius 3 is 2.55 bits per heavy atom. The van der Waals surface area contributed by atoms with Gasteiger partial charge in [-0.05, 0) is 54.7 Å². The number of anilines is 2. The molecule has 0 radical (unpaired) electrons. The Kier molecular flexibility index (Phi) is 4.99. The van der Waals surface area contributed by atoms with E-state index in [1.807, 2.05) is 0 Å². The Hall–Kier alpha value is -2.94. The zero-order valence-electron chi connectivity index (χ0n) is 18.2. The van der Waals surface area contributed by atoms with Gasteiger partial charge >= 0.3 is 0 Å². The molecular weight excluding hydrogens is 354 g/mol. The summed E-state index contributed by atoms with van der Waals surface area (Å²) in [5.41, 5.74) is 9.17. The van der Waals surface area contributed by atoms with Crippen LogP contribution in [0.1, 0.15) is 39.2 Å². The molecule has 2 aromatic rings. The summed E-state index contributed by atoms with van der Waals surface area (Å²) in [7, 11) is 4.17. The van der Waals surface area contributed by atoms with Crippen LogP contribution in [0.25, 0.3) is 5.70 Å². The van der Waals surface area contributed by atoms with Gasteiger partial charge in [0.05, 0.1) is 11.4 Å². The molecule has 0 unspecified atom stereocenters. The van der Waals surface area contributed by atoms with E-state index in [4.69, 9.17) is 0 Å². The third-order valence-electron chi connectivity index (χ3n) is 6.09. The van der Waals surface area contributed by atoms with E-state index in [1.54, 1.807) is 0 Å². The van der Waals surface area contributed by atoms with Gasteiger partial charge in [0.15, 0.2) is 0 Å². The molecular formula is C26H31N3. The van der Waals surface area contributed by atoms with E-state index < -0.39 is 0 Å². The lowest BCUT2D eigenvalue weighted by Crippen LogP contribution is -2.17. The Balaban J connectivity index is 1.72. The number of para-hydroxylation sites is 1. The fourth-order valence-electron chi connectivity index (χ4n) is 4.38. The van der Waals surface area contributed by atoms with Gasteiger partial charge in [0, 0.05) is 43.3 Å². The molecule has 1 aromatic heterocycles. The fourth-order valence-corrected chi connectivity index (χ4v) is 4.38. The lowest BCUT2D eigenvalue weighted by Gasteiger charge is -2.20. The van der Waals surface area contributed by atoms with Crippen molar-refractivity contribution in [2.45, 2.75) is 39.0 Å². The van der Waals surface area contributed by atoms with E-state index in [9.17, 15) is 0 Å². The van der Waals surface area contributed by atoms with Crippen molar-refractivity contribution in [2.75, 3.05) is 24.3 Å². The van der Waals surface area contributed by atoms with Crippen molar-refractivity contribution in [3.8, 4) is 0 Å². The number of nitrogens with zero attached hydrogens (tertiary/aromatic N) is 2. The molecule has 0 fully saturated rings. The molecule has 1 aromatic carbocycles. The molecule has 1 aliphatic heterocycles. The maximum atomic E-state index is 3.63. The molecule has 29 heavy (non-hydrogen) atoms. The van der Waals surface area contributed by atoms with E-state index in [2.05, 4.69) is 117 Å². The highest BCUT2D eigenvalue weighted by atomic mass is 15.1.